The summed E-state index contributed by atoms with van der Waals surface area (Å²) < 4.78 is 0. The minimum absolute atomic E-state index is 0.116. The Labute approximate surface area is 119 Å². The van der Waals surface area contributed by atoms with Gasteiger partial charge in [0.05, 0.1) is 18.2 Å². The molecular formula is C14H21N3OS. The van der Waals surface area contributed by atoms with Crippen LogP contribution in [-0.2, 0) is 0 Å². The molecule has 4 nitrogen and oxygen atoms in total. The van der Waals surface area contributed by atoms with E-state index >= 15 is 0 Å². The quantitative estimate of drug-likeness (QED) is 0.826. The molecule has 2 heterocycles. The van der Waals surface area contributed by atoms with Gasteiger partial charge in [0.25, 0.3) is 0 Å². The molecule has 0 saturated carbocycles. The first kappa shape index (κ1) is 14.2. The fourth-order valence-electron chi connectivity index (χ4n) is 2.71. The van der Waals surface area contributed by atoms with Gasteiger partial charge in [-0.25, -0.2) is 4.98 Å². The Hall–Kier alpha value is -1.20. The predicted octanol–water partition coefficient (Wildman–Crippen LogP) is 1.77. The molecule has 0 aliphatic carbocycles. The summed E-state index contributed by atoms with van der Waals surface area (Å²) in [6.07, 6.45) is 6.23. The molecule has 1 aliphatic heterocycles. The number of nitrogens with two attached hydrogens (primary N) is 1. The number of nitrogens with zero attached hydrogens (tertiary/aromatic N) is 2. The van der Waals surface area contributed by atoms with Crippen molar-refractivity contribution in [3.05, 3.63) is 23.4 Å². The number of aliphatic hydroxyl groups excluding tert-OH is 1. The third-order valence-electron chi connectivity index (χ3n) is 3.75. The average Bonchev–Trinajstić information content (AvgIpc) is 2.62. The van der Waals surface area contributed by atoms with Gasteiger partial charge in [0.1, 0.15) is 10.8 Å². The smallest absolute Gasteiger partial charge is 0.139 e. The van der Waals surface area contributed by atoms with Gasteiger partial charge in [0.2, 0.25) is 0 Å². The molecule has 2 rings (SSSR count). The van der Waals surface area contributed by atoms with E-state index in [1.165, 1.54) is 6.42 Å². The average molecular weight is 279 g/mol. The van der Waals surface area contributed by atoms with Crippen LogP contribution in [0, 0.1) is 6.92 Å². The lowest BCUT2D eigenvalue weighted by Crippen LogP contribution is -2.39. The topological polar surface area (TPSA) is 62.4 Å². The molecule has 1 unspecified atom stereocenters. The lowest BCUT2D eigenvalue weighted by atomic mass is 10.1. The van der Waals surface area contributed by atoms with E-state index in [0.717, 1.165) is 42.8 Å². The number of aromatic nitrogens is 1. The van der Waals surface area contributed by atoms with E-state index in [-0.39, 0.29) is 12.6 Å². The number of hydrogen-bond acceptors (Lipinski definition) is 4. The molecule has 104 valence electrons. The molecule has 1 atom stereocenters. The number of pyridine rings is 1. The first-order valence-electron chi connectivity index (χ1n) is 6.78. The van der Waals surface area contributed by atoms with E-state index in [1.807, 2.05) is 13.0 Å². The second-order valence-electron chi connectivity index (χ2n) is 5.07. The number of rotatable bonds is 3. The maximum atomic E-state index is 9.61. The van der Waals surface area contributed by atoms with Crippen molar-refractivity contribution in [2.24, 2.45) is 5.73 Å². The molecule has 0 bridgehead atoms. The van der Waals surface area contributed by atoms with Crippen LogP contribution in [0.1, 0.15) is 36.8 Å². The van der Waals surface area contributed by atoms with Crippen LogP contribution in [0.4, 0.5) is 5.82 Å². The third kappa shape index (κ3) is 3.04. The largest absolute Gasteiger partial charge is 0.394 e. The zero-order chi connectivity index (χ0) is 13.8. The van der Waals surface area contributed by atoms with E-state index < -0.39 is 0 Å². The molecule has 1 aliphatic rings. The van der Waals surface area contributed by atoms with Crippen LogP contribution in [0.25, 0.3) is 0 Å². The number of hydrogen-bond donors (Lipinski definition) is 2. The van der Waals surface area contributed by atoms with Crippen molar-refractivity contribution in [3.8, 4) is 0 Å². The molecule has 3 N–H and O–H groups in total. The van der Waals surface area contributed by atoms with Crippen LogP contribution in [0.3, 0.4) is 0 Å². The van der Waals surface area contributed by atoms with Gasteiger partial charge >= 0.3 is 0 Å². The summed E-state index contributed by atoms with van der Waals surface area (Å²) in [6, 6.07) is 2.04. The second kappa shape index (κ2) is 6.30. The number of aliphatic hydroxyl groups is 1. The lowest BCUT2D eigenvalue weighted by molar-refractivity contribution is 0.254. The molecule has 0 aromatic carbocycles. The molecule has 19 heavy (non-hydrogen) atoms. The normalized spacial score (nSPS) is 20.1. The van der Waals surface area contributed by atoms with Gasteiger partial charge in [-0.2, -0.15) is 0 Å². The first-order chi connectivity index (χ1) is 9.15. The van der Waals surface area contributed by atoms with Crippen molar-refractivity contribution in [3.63, 3.8) is 0 Å². The Morgan fingerprint density at radius 2 is 2.32 bits per heavy atom. The Morgan fingerprint density at radius 3 is 3.00 bits per heavy atom. The molecule has 1 fully saturated rings. The minimum atomic E-state index is 0.116. The van der Waals surface area contributed by atoms with Crippen LogP contribution >= 0.6 is 12.2 Å². The lowest BCUT2D eigenvalue weighted by Gasteiger charge is -2.31. The van der Waals surface area contributed by atoms with Gasteiger partial charge < -0.3 is 15.7 Å². The van der Waals surface area contributed by atoms with Crippen molar-refractivity contribution in [1.82, 2.24) is 4.98 Å². The maximum Gasteiger partial charge on any atom is 0.139 e. The van der Waals surface area contributed by atoms with Crippen molar-refractivity contribution in [2.75, 3.05) is 18.1 Å². The molecule has 5 heteroatoms. The first-order valence-corrected chi connectivity index (χ1v) is 7.19. The van der Waals surface area contributed by atoms with Crippen molar-refractivity contribution >= 4 is 23.0 Å². The van der Waals surface area contributed by atoms with Gasteiger partial charge in [0, 0.05) is 12.7 Å². The molecule has 1 saturated heterocycles. The van der Waals surface area contributed by atoms with Gasteiger partial charge in [-0.05, 0) is 31.4 Å². The fourth-order valence-corrected chi connectivity index (χ4v) is 2.96. The van der Waals surface area contributed by atoms with E-state index in [4.69, 9.17) is 18.0 Å². The molecule has 0 radical (unpaired) electrons. The van der Waals surface area contributed by atoms with Gasteiger partial charge in [-0.1, -0.05) is 25.1 Å². The van der Waals surface area contributed by atoms with Crippen LogP contribution in [0.15, 0.2) is 12.3 Å². The van der Waals surface area contributed by atoms with Crippen molar-refractivity contribution in [2.45, 2.75) is 38.6 Å². The Balaban J connectivity index is 2.43. The molecule has 0 spiro atoms. The summed E-state index contributed by atoms with van der Waals surface area (Å²) in [7, 11) is 0. The van der Waals surface area contributed by atoms with Crippen molar-refractivity contribution in [1.29, 1.82) is 0 Å². The number of thiocarbonyl (C=S) groups is 1. The Morgan fingerprint density at radius 1 is 1.53 bits per heavy atom. The van der Waals surface area contributed by atoms with E-state index in [0.29, 0.717) is 4.99 Å². The SMILES string of the molecule is Cc1ccnc(N2CCCCCC2CO)c1C(N)=S. The highest BCUT2D eigenvalue weighted by molar-refractivity contribution is 7.80. The van der Waals surface area contributed by atoms with Crippen LogP contribution in [0.5, 0.6) is 0 Å². The minimum Gasteiger partial charge on any atom is -0.394 e. The third-order valence-corrected chi connectivity index (χ3v) is 3.95. The van der Waals surface area contributed by atoms with E-state index in [9.17, 15) is 5.11 Å². The molecule has 0 amide bonds. The number of anilines is 1. The van der Waals surface area contributed by atoms with Gasteiger partial charge in [-0.15, -0.1) is 0 Å². The van der Waals surface area contributed by atoms with Gasteiger partial charge in [0.15, 0.2) is 0 Å². The Bertz CT molecular complexity index is 464. The highest BCUT2D eigenvalue weighted by Gasteiger charge is 2.24. The van der Waals surface area contributed by atoms with Gasteiger partial charge in [-0.3, -0.25) is 0 Å². The standard InChI is InChI=1S/C14H21N3OS/c1-10-6-7-16-14(12(10)13(15)19)17-8-4-2-3-5-11(17)9-18/h6-7,11,18H,2-5,8-9H2,1H3,(H2,15,19). The fraction of sp³-hybridized carbons (Fsp3) is 0.571. The second-order valence-corrected chi connectivity index (χ2v) is 5.51. The van der Waals surface area contributed by atoms with Crippen LogP contribution in [0.2, 0.25) is 0 Å². The van der Waals surface area contributed by atoms with Crippen LogP contribution < -0.4 is 10.6 Å². The highest BCUT2D eigenvalue weighted by Crippen LogP contribution is 2.27. The van der Waals surface area contributed by atoms with Crippen molar-refractivity contribution < 1.29 is 5.11 Å². The molecule has 1 aromatic rings. The zero-order valence-electron chi connectivity index (χ0n) is 11.3. The Kier molecular flexibility index (Phi) is 4.71. The monoisotopic (exact) mass is 279 g/mol. The zero-order valence-corrected chi connectivity index (χ0v) is 12.1. The van der Waals surface area contributed by atoms with E-state index in [2.05, 4.69) is 9.88 Å². The predicted molar refractivity (Wildman–Crippen MR) is 81.5 cm³/mol. The summed E-state index contributed by atoms with van der Waals surface area (Å²) >= 11 is 5.16. The highest BCUT2D eigenvalue weighted by atomic mass is 32.1. The number of aryl methyl sites for hydroxylation is 1. The summed E-state index contributed by atoms with van der Waals surface area (Å²) in [5.41, 5.74) is 7.74. The summed E-state index contributed by atoms with van der Waals surface area (Å²) in [4.78, 5) is 7.02. The summed E-state index contributed by atoms with van der Waals surface area (Å²) in [5, 5.41) is 9.61. The van der Waals surface area contributed by atoms with Crippen LogP contribution in [-0.4, -0.2) is 34.3 Å². The summed E-state index contributed by atoms with van der Waals surface area (Å²) in [6.45, 7) is 3.04. The van der Waals surface area contributed by atoms with E-state index in [1.54, 1.807) is 6.20 Å². The molecule has 1 aromatic heterocycles. The maximum absolute atomic E-state index is 9.61. The summed E-state index contributed by atoms with van der Waals surface area (Å²) in [5.74, 6) is 0.827. The molecular weight excluding hydrogens is 258 g/mol.